The molecule has 1 aromatic carbocycles. The number of hydrogen-bond donors (Lipinski definition) is 3. The van der Waals surface area contributed by atoms with Crippen LogP contribution < -0.4 is 15.5 Å². The largest absolute Gasteiger partial charge is 0.508 e. The van der Waals surface area contributed by atoms with Gasteiger partial charge in [-0.2, -0.15) is 0 Å². The van der Waals surface area contributed by atoms with Crippen LogP contribution in [0.2, 0.25) is 0 Å². The van der Waals surface area contributed by atoms with Crippen molar-refractivity contribution in [1.29, 1.82) is 0 Å². The molecule has 6 nitrogen and oxygen atoms in total. The zero-order valence-corrected chi connectivity index (χ0v) is 19.9. The first kappa shape index (κ1) is 22.7. The number of nitrogens with zero attached hydrogens (tertiary/aromatic N) is 3. The van der Waals surface area contributed by atoms with Crippen LogP contribution in [0.4, 0.5) is 5.13 Å². The number of fused-ring (bicyclic) bond motifs is 1. The molecule has 0 spiro atoms. The first-order valence-corrected chi connectivity index (χ1v) is 10.4. The van der Waals surface area contributed by atoms with E-state index in [9.17, 15) is 5.11 Å². The van der Waals surface area contributed by atoms with Crippen LogP contribution in [-0.4, -0.2) is 36.7 Å². The molecule has 3 N–H and O–H groups in total. The van der Waals surface area contributed by atoms with Gasteiger partial charge in [0.15, 0.2) is 11.1 Å². The second kappa shape index (κ2) is 10.8. The Morgan fingerprint density at radius 1 is 1.25 bits per heavy atom. The zero-order valence-electron chi connectivity index (χ0n) is 16.8. The molecule has 0 amide bonds. The summed E-state index contributed by atoms with van der Waals surface area (Å²) in [5.41, 5.74) is 4.61. The quantitative estimate of drug-likeness (QED) is 0.311. The maximum atomic E-state index is 10.3. The summed E-state index contributed by atoms with van der Waals surface area (Å²) in [4.78, 5) is 11.3. The van der Waals surface area contributed by atoms with Crippen LogP contribution >= 0.6 is 35.3 Å². The molecule has 0 bridgehead atoms. The van der Waals surface area contributed by atoms with Crippen molar-refractivity contribution < 1.29 is 5.11 Å². The van der Waals surface area contributed by atoms with Crippen molar-refractivity contribution in [2.24, 2.45) is 4.99 Å². The van der Waals surface area contributed by atoms with Crippen molar-refractivity contribution in [3.63, 3.8) is 0 Å². The Morgan fingerprint density at radius 3 is 2.75 bits per heavy atom. The van der Waals surface area contributed by atoms with Gasteiger partial charge in [-0.25, -0.2) is 9.98 Å². The van der Waals surface area contributed by atoms with Gasteiger partial charge < -0.3 is 20.6 Å². The molecule has 0 aliphatic heterocycles. The van der Waals surface area contributed by atoms with E-state index in [-0.39, 0.29) is 24.0 Å². The van der Waals surface area contributed by atoms with Crippen molar-refractivity contribution >= 4 is 46.4 Å². The normalized spacial score (nSPS) is 13.5. The lowest BCUT2D eigenvalue weighted by Crippen LogP contribution is -2.36. The monoisotopic (exact) mass is 515 g/mol. The third-order valence-corrected chi connectivity index (χ3v) is 5.78. The van der Waals surface area contributed by atoms with Gasteiger partial charge in [0, 0.05) is 31.6 Å². The van der Waals surface area contributed by atoms with Gasteiger partial charge >= 0.3 is 0 Å². The fourth-order valence-electron chi connectivity index (χ4n) is 3.33. The van der Waals surface area contributed by atoms with Gasteiger partial charge in [-0.15, -0.1) is 35.3 Å². The number of benzene rings is 1. The number of halogens is 1. The Morgan fingerprint density at radius 2 is 2.04 bits per heavy atom. The summed E-state index contributed by atoms with van der Waals surface area (Å²) in [5, 5.41) is 20.0. The number of phenols is 1. The summed E-state index contributed by atoms with van der Waals surface area (Å²) in [6, 6.07) is 3.87. The van der Waals surface area contributed by atoms with Crippen LogP contribution in [0.15, 0.2) is 22.5 Å². The highest BCUT2D eigenvalue weighted by Gasteiger charge is 2.16. The molecule has 154 valence electrons. The lowest BCUT2D eigenvalue weighted by molar-refractivity contribution is 0.465. The van der Waals surface area contributed by atoms with Gasteiger partial charge in [0.2, 0.25) is 0 Å². The van der Waals surface area contributed by atoms with Crippen LogP contribution in [0.5, 0.6) is 5.75 Å². The van der Waals surface area contributed by atoms with E-state index >= 15 is 0 Å². The summed E-state index contributed by atoms with van der Waals surface area (Å²) in [6.07, 6.45) is 4.55. The maximum absolute atomic E-state index is 10.3. The average Bonchev–Trinajstić information content (AvgIpc) is 3.14. The van der Waals surface area contributed by atoms with E-state index in [4.69, 9.17) is 4.99 Å². The minimum atomic E-state index is 0. The van der Waals surface area contributed by atoms with Gasteiger partial charge in [-0.05, 0) is 49.8 Å². The fraction of sp³-hybridized carbons (Fsp3) is 0.500. The van der Waals surface area contributed by atoms with Crippen LogP contribution in [-0.2, 0) is 25.9 Å². The van der Waals surface area contributed by atoms with Gasteiger partial charge in [0.05, 0.1) is 18.8 Å². The van der Waals surface area contributed by atoms with Gasteiger partial charge in [-0.3, -0.25) is 0 Å². The van der Waals surface area contributed by atoms with Crippen molar-refractivity contribution in [3.05, 3.63) is 39.9 Å². The SMILES string of the molecule is CCNC(=NCc1c(O)ccc2c1CCCC2)NCc1csc(N(C)C)n1.I. The third-order valence-electron chi connectivity index (χ3n) is 4.73. The molecule has 0 saturated heterocycles. The molecule has 0 atom stereocenters. The molecule has 1 aliphatic carbocycles. The number of thiazole rings is 1. The molecule has 1 aliphatic rings. The summed E-state index contributed by atoms with van der Waals surface area (Å²) >= 11 is 1.63. The van der Waals surface area contributed by atoms with Gasteiger partial charge in [-0.1, -0.05) is 6.07 Å². The lowest BCUT2D eigenvalue weighted by Gasteiger charge is -2.20. The van der Waals surface area contributed by atoms with E-state index < -0.39 is 0 Å². The number of aliphatic imine (C=N–C) groups is 1. The van der Waals surface area contributed by atoms with E-state index in [1.807, 2.05) is 32.0 Å². The predicted octanol–water partition coefficient (Wildman–Crippen LogP) is 3.67. The van der Waals surface area contributed by atoms with Crippen LogP contribution in [0.1, 0.15) is 42.1 Å². The molecule has 0 unspecified atom stereocenters. The molecule has 8 heteroatoms. The van der Waals surface area contributed by atoms with Crippen LogP contribution in [0, 0.1) is 0 Å². The summed E-state index contributed by atoms with van der Waals surface area (Å²) in [6.45, 7) is 3.93. The molecule has 1 aromatic heterocycles. The number of aromatic hydroxyl groups is 1. The molecule has 3 rings (SSSR count). The first-order valence-electron chi connectivity index (χ1n) is 9.55. The number of anilines is 1. The summed E-state index contributed by atoms with van der Waals surface area (Å²) < 4.78 is 0. The maximum Gasteiger partial charge on any atom is 0.191 e. The van der Waals surface area contributed by atoms with E-state index in [0.717, 1.165) is 41.7 Å². The number of nitrogens with one attached hydrogen (secondary N) is 2. The van der Waals surface area contributed by atoms with Crippen LogP contribution in [0.25, 0.3) is 0 Å². The van der Waals surface area contributed by atoms with Crippen LogP contribution in [0.3, 0.4) is 0 Å². The standard InChI is InChI=1S/C20H29N5OS.HI/c1-4-21-19(22-11-15-13-27-20(24-15)25(2)3)23-12-17-16-8-6-5-7-14(16)9-10-18(17)26;/h9-10,13,26H,4-8,11-12H2,1-3H3,(H2,21,22,23);1H. The fourth-order valence-corrected chi connectivity index (χ4v) is 4.08. The molecule has 0 fully saturated rings. The van der Waals surface area contributed by atoms with Crippen molar-refractivity contribution in [1.82, 2.24) is 15.6 Å². The minimum Gasteiger partial charge on any atom is -0.508 e. The number of rotatable bonds is 6. The smallest absolute Gasteiger partial charge is 0.191 e. The Kier molecular flexibility index (Phi) is 8.81. The second-order valence-electron chi connectivity index (χ2n) is 6.97. The molecule has 0 radical (unpaired) electrons. The Bertz CT molecular complexity index is 806. The minimum absolute atomic E-state index is 0. The van der Waals surface area contributed by atoms with Crippen molar-refractivity contribution in [3.8, 4) is 5.75 Å². The second-order valence-corrected chi connectivity index (χ2v) is 7.81. The summed E-state index contributed by atoms with van der Waals surface area (Å²) in [5.74, 6) is 1.09. The highest BCUT2D eigenvalue weighted by molar-refractivity contribution is 14.0. The molecular weight excluding hydrogens is 485 g/mol. The number of phenolic OH excluding ortho intramolecular Hbond substituents is 1. The highest BCUT2D eigenvalue weighted by Crippen LogP contribution is 2.31. The Balaban J connectivity index is 0.00000280. The molecule has 1 heterocycles. The predicted molar refractivity (Wildman–Crippen MR) is 128 cm³/mol. The van der Waals surface area contributed by atoms with E-state index in [0.29, 0.717) is 18.8 Å². The third kappa shape index (κ3) is 5.73. The topological polar surface area (TPSA) is 72.8 Å². The molecule has 2 aromatic rings. The van der Waals surface area contributed by atoms with E-state index in [1.165, 1.54) is 24.0 Å². The van der Waals surface area contributed by atoms with Crippen molar-refractivity contribution in [2.75, 3.05) is 25.5 Å². The Hall–Kier alpha value is -1.55. The Labute approximate surface area is 188 Å². The van der Waals surface area contributed by atoms with E-state index in [1.54, 1.807) is 11.3 Å². The number of aromatic nitrogens is 1. The lowest BCUT2D eigenvalue weighted by atomic mass is 9.88. The molecular formula is C20H30IN5OS. The number of aryl methyl sites for hydroxylation is 1. The zero-order chi connectivity index (χ0) is 19.2. The highest BCUT2D eigenvalue weighted by atomic mass is 127. The van der Waals surface area contributed by atoms with Gasteiger partial charge in [0.25, 0.3) is 0 Å². The number of hydrogen-bond acceptors (Lipinski definition) is 5. The average molecular weight is 515 g/mol. The van der Waals surface area contributed by atoms with Gasteiger partial charge in [0.1, 0.15) is 5.75 Å². The molecule has 28 heavy (non-hydrogen) atoms. The summed E-state index contributed by atoms with van der Waals surface area (Å²) in [7, 11) is 3.99. The number of guanidine groups is 1. The first-order chi connectivity index (χ1) is 13.1. The molecule has 0 saturated carbocycles. The van der Waals surface area contributed by atoms with E-state index in [2.05, 4.69) is 27.1 Å². The van der Waals surface area contributed by atoms with Crippen molar-refractivity contribution in [2.45, 2.75) is 45.7 Å².